The normalized spacial score (nSPS) is 12.3. The number of nitrogens with two attached hydrogens (primary N) is 1. The van der Waals surface area contributed by atoms with Crippen LogP contribution in [0.1, 0.15) is 11.5 Å². The Kier molecular flexibility index (Phi) is 5.29. The van der Waals surface area contributed by atoms with Crippen LogP contribution < -0.4 is 5.73 Å². The molecular formula is C15H16BrNS. The van der Waals surface area contributed by atoms with E-state index in [9.17, 15) is 0 Å². The first kappa shape index (κ1) is 13.7. The Balaban J connectivity index is 2.00. The quantitative estimate of drug-likeness (QED) is 0.831. The molecule has 2 aromatic rings. The van der Waals surface area contributed by atoms with Gasteiger partial charge in [-0.25, -0.2) is 0 Å². The van der Waals surface area contributed by atoms with Crippen LogP contribution in [0.3, 0.4) is 0 Å². The van der Waals surface area contributed by atoms with Gasteiger partial charge in [-0.05, 0) is 30.3 Å². The zero-order valence-corrected chi connectivity index (χ0v) is 12.5. The molecule has 0 spiro atoms. The van der Waals surface area contributed by atoms with Crippen molar-refractivity contribution in [3.63, 3.8) is 0 Å². The summed E-state index contributed by atoms with van der Waals surface area (Å²) in [7, 11) is 0. The molecule has 0 aliphatic rings. The summed E-state index contributed by atoms with van der Waals surface area (Å²) in [4.78, 5) is 1.28. The third-order valence-corrected chi connectivity index (χ3v) is 4.45. The largest absolute Gasteiger partial charge is 0.330 e. The molecule has 1 nitrogen and oxygen atoms in total. The fourth-order valence-corrected chi connectivity index (χ4v) is 3.44. The van der Waals surface area contributed by atoms with E-state index in [2.05, 4.69) is 58.4 Å². The number of hydrogen-bond acceptors (Lipinski definition) is 2. The lowest BCUT2D eigenvalue weighted by atomic mass is 10.0. The van der Waals surface area contributed by atoms with Gasteiger partial charge in [0.15, 0.2) is 0 Å². The molecule has 1 unspecified atom stereocenters. The predicted octanol–water partition coefficient (Wildman–Crippen LogP) is 4.28. The SMILES string of the molecule is NCC(CSc1cccc(Br)c1)c1ccccc1. The lowest BCUT2D eigenvalue weighted by molar-refractivity contribution is 0.785. The second-order valence-electron chi connectivity index (χ2n) is 4.11. The maximum atomic E-state index is 5.88. The highest BCUT2D eigenvalue weighted by Crippen LogP contribution is 2.27. The number of halogens is 1. The zero-order chi connectivity index (χ0) is 12.8. The smallest absolute Gasteiger partial charge is 0.0186 e. The Labute approximate surface area is 121 Å². The van der Waals surface area contributed by atoms with Crippen LogP contribution in [0.25, 0.3) is 0 Å². The van der Waals surface area contributed by atoms with Crippen molar-refractivity contribution >= 4 is 27.7 Å². The van der Waals surface area contributed by atoms with Gasteiger partial charge in [-0.1, -0.05) is 52.3 Å². The van der Waals surface area contributed by atoms with Crippen molar-refractivity contribution in [3.05, 3.63) is 64.6 Å². The summed E-state index contributed by atoms with van der Waals surface area (Å²) in [6.45, 7) is 0.686. The molecule has 0 fully saturated rings. The van der Waals surface area contributed by atoms with E-state index < -0.39 is 0 Å². The van der Waals surface area contributed by atoms with Gasteiger partial charge in [-0.15, -0.1) is 11.8 Å². The van der Waals surface area contributed by atoms with E-state index in [1.807, 2.05) is 23.9 Å². The predicted molar refractivity (Wildman–Crippen MR) is 83.1 cm³/mol. The van der Waals surface area contributed by atoms with Crippen LogP contribution in [0.4, 0.5) is 0 Å². The third-order valence-electron chi connectivity index (χ3n) is 2.80. The molecule has 0 aliphatic heterocycles. The van der Waals surface area contributed by atoms with Crippen molar-refractivity contribution in [3.8, 4) is 0 Å². The highest BCUT2D eigenvalue weighted by molar-refractivity contribution is 9.10. The number of benzene rings is 2. The van der Waals surface area contributed by atoms with E-state index in [0.29, 0.717) is 12.5 Å². The van der Waals surface area contributed by atoms with Crippen LogP contribution in [-0.2, 0) is 0 Å². The lowest BCUT2D eigenvalue weighted by Crippen LogP contribution is -2.14. The van der Waals surface area contributed by atoms with Crippen LogP contribution in [0.5, 0.6) is 0 Å². The van der Waals surface area contributed by atoms with Crippen LogP contribution >= 0.6 is 27.7 Å². The number of thioether (sulfide) groups is 1. The highest BCUT2D eigenvalue weighted by atomic mass is 79.9. The van der Waals surface area contributed by atoms with Crippen molar-refractivity contribution < 1.29 is 0 Å². The molecule has 3 heteroatoms. The van der Waals surface area contributed by atoms with Gasteiger partial charge in [-0.2, -0.15) is 0 Å². The molecule has 0 saturated heterocycles. The minimum absolute atomic E-state index is 0.412. The molecule has 0 saturated carbocycles. The first-order chi connectivity index (χ1) is 8.79. The summed E-state index contributed by atoms with van der Waals surface area (Å²) >= 11 is 5.35. The zero-order valence-electron chi connectivity index (χ0n) is 10.1. The fourth-order valence-electron chi connectivity index (χ4n) is 1.78. The Morgan fingerprint density at radius 3 is 2.50 bits per heavy atom. The van der Waals surface area contributed by atoms with Gasteiger partial charge in [0.1, 0.15) is 0 Å². The van der Waals surface area contributed by atoms with Gasteiger partial charge in [0.05, 0.1) is 0 Å². The van der Waals surface area contributed by atoms with Crippen molar-refractivity contribution in [1.29, 1.82) is 0 Å². The Morgan fingerprint density at radius 1 is 1.06 bits per heavy atom. The average molecular weight is 322 g/mol. The highest BCUT2D eigenvalue weighted by Gasteiger charge is 2.09. The summed E-state index contributed by atoms with van der Waals surface area (Å²) in [5, 5.41) is 0. The topological polar surface area (TPSA) is 26.0 Å². The van der Waals surface area contributed by atoms with Crippen LogP contribution in [-0.4, -0.2) is 12.3 Å². The molecule has 0 aromatic heterocycles. The molecule has 2 rings (SSSR count). The van der Waals surface area contributed by atoms with Crippen LogP contribution in [0.15, 0.2) is 64.0 Å². The second-order valence-corrected chi connectivity index (χ2v) is 6.12. The summed E-state index contributed by atoms with van der Waals surface area (Å²) in [6.07, 6.45) is 0. The van der Waals surface area contributed by atoms with Crippen molar-refractivity contribution in [2.75, 3.05) is 12.3 Å². The molecule has 94 valence electrons. The van der Waals surface area contributed by atoms with Gasteiger partial charge in [0.2, 0.25) is 0 Å². The Morgan fingerprint density at radius 2 is 1.83 bits per heavy atom. The molecule has 18 heavy (non-hydrogen) atoms. The molecule has 2 N–H and O–H groups in total. The molecule has 0 bridgehead atoms. The molecule has 2 aromatic carbocycles. The molecule has 1 atom stereocenters. The van der Waals surface area contributed by atoms with Crippen LogP contribution in [0, 0.1) is 0 Å². The van der Waals surface area contributed by atoms with Gasteiger partial charge in [-0.3, -0.25) is 0 Å². The number of rotatable bonds is 5. The standard InChI is InChI=1S/C15H16BrNS/c16-14-7-4-8-15(9-14)18-11-13(10-17)12-5-2-1-3-6-12/h1-9,13H,10-11,17H2. The number of hydrogen-bond donors (Lipinski definition) is 1. The van der Waals surface area contributed by atoms with Crippen molar-refractivity contribution in [2.45, 2.75) is 10.8 Å². The molecular weight excluding hydrogens is 306 g/mol. The van der Waals surface area contributed by atoms with E-state index in [4.69, 9.17) is 5.73 Å². The molecule has 0 amide bonds. The first-order valence-corrected chi connectivity index (χ1v) is 7.71. The van der Waals surface area contributed by atoms with E-state index in [1.54, 1.807) is 0 Å². The van der Waals surface area contributed by atoms with E-state index >= 15 is 0 Å². The monoisotopic (exact) mass is 321 g/mol. The summed E-state index contributed by atoms with van der Waals surface area (Å²) in [5.41, 5.74) is 7.20. The maximum Gasteiger partial charge on any atom is 0.0186 e. The van der Waals surface area contributed by atoms with E-state index in [0.717, 1.165) is 10.2 Å². The third kappa shape index (κ3) is 3.87. The van der Waals surface area contributed by atoms with Crippen LogP contribution in [0.2, 0.25) is 0 Å². The van der Waals surface area contributed by atoms with E-state index in [-0.39, 0.29) is 0 Å². The minimum Gasteiger partial charge on any atom is -0.330 e. The molecule has 0 aliphatic carbocycles. The van der Waals surface area contributed by atoms with Gasteiger partial charge in [0, 0.05) is 21.0 Å². The van der Waals surface area contributed by atoms with E-state index in [1.165, 1.54) is 10.5 Å². The lowest BCUT2D eigenvalue weighted by Gasteiger charge is -2.14. The summed E-state index contributed by atoms with van der Waals surface area (Å²) in [6, 6.07) is 18.9. The van der Waals surface area contributed by atoms with Gasteiger partial charge in [0.25, 0.3) is 0 Å². The average Bonchev–Trinajstić information content (AvgIpc) is 2.41. The van der Waals surface area contributed by atoms with Crippen molar-refractivity contribution in [2.24, 2.45) is 5.73 Å². The first-order valence-electron chi connectivity index (χ1n) is 5.93. The van der Waals surface area contributed by atoms with Gasteiger partial charge >= 0.3 is 0 Å². The van der Waals surface area contributed by atoms with Gasteiger partial charge < -0.3 is 5.73 Å². The Hall–Kier alpha value is -0.770. The second kappa shape index (κ2) is 6.98. The van der Waals surface area contributed by atoms with Crippen molar-refractivity contribution in [1.82, 2.24) is 0 Å². The Bertz CT molecular complexity index is 487. The molecule has 0 heterocycles. The summed E-state index contributed by atoms with van der Waals surface area (Å²) in [5.74, 6) is 1.42. The molecule has 0 radical (unpaired) electrons. The maximum absolute atomic E-state index is 5.88. The minimum atomic E-state index is 0.412. The fraction of sp³-hybridized carbons (Fsp3) is 0.200. The summed E-state index contributed by atoms with van der Waals surface area (Å²) < 4.78 is 1.12.